The fourth-order valence-corrected chi connectivity index (χ4v) is 2.67. The van der Waals surface area contributed by atoms with Crippen molar-refractivity contribution in [3.8, 4) is 0 Å². The lowest BCUT2D eigenvalue weighted by atomic mass is 10.3. The van der Waals surface area contributed by atoms with E-state index in [4.69, 9.17) is 5.11 Å². The van der Waals surface area contributed by atoms with Crippen molar-refractivity contribution < 1.29 is 27.9 Å². The topological polar surface area (TPSA) is 79.3 Å². The van der Waals surface area contributed by atoms with E-state index < -0.39 is 29.7 Å². The highest BCUT2D eigenvalue weighted by molar-refractivity contribution is 9.10. The van der Waals surface area contributed by atoms with E-state index in [1.165, 1.54) is 6.20 Å². The number of thioether (sulfide) groups is 1. The third kappa shape index (κ3) is 5.54. The summed E-state index contributed by atoms with van der Waals surface area (Å²) in [4.78, 5) is 25.4. The summed E-state index contributed by atoms with van der Waals surface area (Å²) >= 11 is 3.52. The number of hydrogen-bond donors (Lipinski definition) is 2. The molecule has 0 aliphatic rings. The molecule has 116 valence electrons. The second-order valence-electron chi connectivity index (χ2n) is 3.91. The van der Waals surface area contributed by atoms with Crippen LogP contribution >= 0.6 is 27.7 Å². The predicted octanol–water partition coefficient (Wildman–Crippen LogP) is 2.54. The van der Waals surface area contributed by atoms with Gasteiger partial charge in [0, 0.05) is 23.3 Å². The van der Waals surface area contributed by atoms with Crippen LogP contribution in [0.3, 0.4) is 0 Å². The molecule has 0 spiro atoms. The molecule has 0 saturated heterocycles. The van der Waals surface area contributed by atoms with Gasteiger partial charge in [0.1, 0.15) is 11.1 Å². The van der Waals surface area contributed by atoms with Gasteiger partial charge in [0.15, 0.2) is 0 Å². The fourth-order valence-electron chi connectivity index (χ4n) is 1.33. The number of alkyl halides is 3. The summed E-state index contributed by atoms with van der Waals surface area (Å²) in [5.41, 5.74) is -0.964. The third-order valence-electron chi connectivity index (χ3n) is 2.19. The standard InChI is InChI=1S/C11H10BrF3N2O3S/c1-5(18)17-8(10(19)20)4-21-9-7(11(13,14)15)2-6(12)3-16-9/h2-3,8H,4H2,1H3,(H,17,18)(H,19,20). The van der Waals surface area contributed by atoms with Gasteiger partial charge in [0.2, 0.25) is 5.91 Å². The number of pyridine rings is 1. The van der Waals surface area contributed by atoms with E-state index in [-0.39, 0.29) is 15.3 Å². The number of aromatic nitrogens is 1. The molecule has 0 radical (unpaired) electrons. The van der Waals surface area contributed by atoms with E-state index in [1.54, 1.807) is 0 Å². The molecule has 2 N–H and O–H groups in total. The third-order valence-corrected chi connectivity index (χ3v) is 3.72. The zero-order chi connectivity index (χ0) is 16.2. The second kappa shape index (κ2) is 7.12. The first kappa shape index (κ1) is 17.8. The normalized spacial score (nSPS) is 12.8. The van der Waals surface area contributed by atoms with E-state index in [9.17, 15) is 22.8 Å². The molecular formula is C11H10BrF3N2O3S. The number of nitrogens with one attached hydrogen (secondary N) is 1. The number of nitrogens with zero attached hydrogens (tertiary/aromatic N) is 1. The van der Waals surface area contributed by atoms with E-state index >= 15 is 0 Å². The number of carboxylic acid groups (broad SMARTS) is 1. The molecule has 0 bridgehead atoms. The number of amides is 1. The monoisotopic (exact) mass is 386 g/mol. The highest BCUT2D eigenvalue weighted by atomic mass is 79.9. The number of aliphatic carboxylic acids is 1. The summed E-state index contributed by atoms with van der Waals surface area (Å²) in [6, 6.07) is -0.428. The van der Waals surface area contributed by atoms with Gasteiger partial charge < -0.3 is 10.4 Å². The van der Waals surface area contributed by atoms with Crippen LogP contribution in [0, 0.1) is 0 Å². The number of carboxylic acids is 1. The summed E-state index contributed by atoms with van der Waals surface area (Å²) in [6.45, 7) is 1.12. The Bertz CT molecular complexity index is 554. The van der Waals surface area contributed by atoms with Crippen LogP contribution in [0.15, 0.2) is 21.8 Å². The Labute approximate surface area is 130 Å². The van der Waals surface area contributed by atoms with Crippen molar-refractivity contribution >= 4 is 39.6 Å². The van der Waals surface area contributed by atoms with E-state index in [2.05, 4.69) is 26.2 Å². The molecule has 1 aromatic rings. The molecule has 1 amide bonds. The Kier molecular flexibility index (Phi) is 6.02. The van der Waals surface area contributed by atoms with Crippen molar-refractivity contribution in [1.82, 2.24) is 10.3 Å². The number of carbonyl (C=O) groups is 2. The van der Waals surface area contributed by atoms with Gasteiger partial charge in [0.25, 0.3) is 0 Å². The molecule has 0 aliphatic heterocycles. The van der Waals surface area contributed by atoms with Crippen molar-refractivity contribution in [2.75, 3.05) is 5.75 Å². The molecule has 5 nitrogen and oxygen atoms in total. The Morgan fingerprint density at radius 3 is 2.62 bits per heavy atom. The molecule has 0 saturated carbocycles. The number of carbonyl (C=O) groups excluding carboxylic acids is 1. The molecule has 1 atom stereocenters. The molecule has 0 aliphatic carbocycles. The van der Waals surface area contributed by atoms with Crippen LogP contribution < -0.4 is 5.32 Å². The first-order valence-electron chi connectivity index (χ1n) is 5.46. The first-order valence-corrected chi connectivity index (χ1v) is 7.24. The zero-order valence-corrected chi connectivity index (χ0v) is 13.0. The fraction of sp³-hybridized carbons (Fsp3) is 0.364. The molecule has 1 unspecified atom stereocenters. The van der Waals surface area contributed by atoms with Crippen molar-refractivity contribution in [2.24, 2.45) is 0 Å². The molecule has 0 fully saturated rings. The SMILES string of the molecule is CC(=O)NC(CSc1ncc(Br)cc1C(F)(F)F)C(=O)O. The predicted molar refractivity (Wildman–Crippen MR) is 72.9 cm³/mol. The molecule has 0 aromatic carbocycles. The van der Waals surface area contributed by atoms with Gasteiger partial charge in [0.05, 0.1) is 5.56 Å². The highest BCUT2D eigenvalue weighted by Gasteiger charge is 2.35. The van der Waals surface area contributed by atoms with Crippen molar-refractivity contribution in [3.63, 3.8) is 0 Å². The largest absolute Gasteiger partial charge is 0.480 e. The molecule has 1 heterocycles. The maximum Gasteiger partial charge on any atom is 0.419 e. The molecular weight excluding hydrogens is 377 g/mol. The number of rotatable bonds is 5. The first-order chi connectivity index (χ1) is 9.61. The van der Waals surface area contributed by atoms with Gasteiger partial charge in [-0.15, -0.1) is 11.8 Å². The Balaban J connectivity index is 2.92. The van der Waals surface area contributed by atoms with Gasteiger partial charge in [-0.3, -0.25) is 4.79 Å². The summed E-state index contributed by atoms with van der Waals surface area (Å²) in [5.74, 6) is -2.18. The van der Waals surface area contributed by atoms with Crippen LogP contribution in [-0.2, 0) is 15.8 Å². The lowest BCUT2D eigenvalue weighted by Crippen LogP contribution is -2.41. The Morgan fingerprint density at radius 1 is 1.52 bits per heavy atom. The van der Waals surface area contributed by atoms with Crippen LogP contribution in [0.2, 0.25) is 0 Å². The van der Waals surface area contributed by atoms with Crippen LogP contribution in [-0.4, -0.2) is 33.8 Å². The number of halogens is 4. The van der Waals surface area contributed by atoms with E-state index in [1.807, 2.05) is 0 Å². The van der Waals surface area contributed by atoms with Crippen LogP contribution in [0.1, 0.15) is 12.5 Å². The maximum absolute atomic E-state index is 12.9. The Morgan fingerprint density at radius 2 is 2.14 bits per heavy atom. The van der Waals surface area contributed by atoms with Gasteiger partial charge in [-0.25, -0.2) is 9.78 Å². The maximum atomic E-state index is 12.9. The molecule has 1 aromatic heterocycles. The van der Waals surface area contributed by atoms with Crippen LogP contribution in [0.4, 0.5) is 13.2 Å². The summed E-state index contributed by atoms with van der Waals surface area (Å²) in [6.07, 6.45) is -3.42. The number of hydrogen-bond acceptors (Lipinski definition) is 4. The van der Waals surface area contributed by atoms with Gasteiger partial charge in [-0.1, -0.05) is 0 Å². The van der Waals surface area contributed by atoms with Crippen molar-refractivity contribution in [1.29, 1.82) is 0 Å². The lowest BCUT2D eigenvalue weighted by Gasteiger charge is -2.15. The minimum absolute atomic E-state index is 0.163. The summed E-state index contributed by atoms with van der Waals surface area (Å²) < 4.78 is 38.7. The second-order valence-corrected chi connectivity index (χ2v) is 5.83. The molecule has 10 heteroatoms. The summed E-state index contributed by atoms with van der Waals surface area (Å²) in [5, 5.41) is 10.7. The van der Waals surface area contributed by atoms with Crippen LogP contribution in [0.25, 0.3) is 0 Å². The van der Waals surface area contributed by atoms with Crippen LogP contribution in [0.5, 0.6) is 0 Å². The van der Waals surface area contributed by atoms with Gasteiger partial charge >= 0.3 is 12.1 Å². The van der Waals surface area contributed by atoms with E-state index in [0.29, 0.717) is 11.8 Å². The minimum atomic E-state index is -4.61. The van der Waals surface area contributed by atoms with Crippen molar-refractivity contribution in [2.45, 2.75) is 24.2 Å². The van der Waals surface area contributed by atoms with Crippen molar-refractivity contribution in [3.05, 3.63) is 22.3 Å². The van der Waals surface area contributed by atoms with Gasteiger partial charge in [-0.2, -0.15) is 13.2 Å². The quantitative estimate of drug-likeness (QED) is 0.760. The van der Waals surface area contributed by atoms with Gasteiger partial charge in [-0.05, 0) is 22.0 Å². The zero-order valence-electron chi connectivity index (χ0n) is 10.6. The average Bonchev–Trinajstić information content (AvgIpc) is 2.33. The molecule has 21 heavy (non-hydrogen) atoms. The highest BCUT2D eigenvalue weighted by Crippen LogP contribution is 2.37. The smallest absolute Gasteiger partial charge is 0.419 e. The molecule has 1 rings (SSSR count). The minimum Gasteiger partial charge on any atom is -0.480 e. The lowest BCUT2D eigenvalue weighted by molar-refractivity contribution is -0.140. The Hall–Kier alpha value is -1.29. The summed E-state index contributed by atoms with van der Waals surface area (Å²) in [7, 11) is 0. The average molecular weight is 387 g/mol. The van der Waals surface area contributed by atoms with E-state index in [0.717, 1.165) is 13.0 Å².